The van der Waals surface area contributed by atoms with E-state index in [1.807, 2.05) is 83.1 Å². The molecule has 9 rings (SSSR count). The average molecular weight is 941 g/mol. The Morgan fingerprint density at radius 2 is 0.652 bits per heavy atom. The molecule has 8 bridgehead atoms. The van der Waals surface area contributed by atoms with Gasteiger partial charge in [-0.05, 0) is 68.2 Å². The summed E-state index contributed by atoms with van der Waals surface area (Å²) < 4.78 is 0. The Morgan fingerprint density at radius 3 is 0.942 bits per heavy atom. The third-order valence-electron chi connectivity index (χ3n) is 12.3. The number of hydrogen-bond donors (Lipinski definition) is 0. The summed E-state index contributed by atoms with van der Waals surface area (Å²) in [5.41, 5.74) is -2.29. The number of aromatic nitrogens is 8. The SMILES string of the molecule is CC(C)(C)c1cc2c(c([N+](=O)[O-])c1)-c1nc-2nc2[n-]c(nc3nc(nc4[n-]c(n1)c1c([N+](=O)[O-])cc(C(C)(C)C)cc41)-c1cc(C(C)(C)C)cc([N+](=O)[O-])c1-3)c1c([N+](=O)[O-])cc(C(C)(C)C)cc21.[Mg+2]. The molecule has 346 valence electrons. The summed E-state index contributed by atoms with van der Waals surface area (Å²) in [6.45, 7) is 22.5. The van der Waals surface area contributed by atoms with Crippen LogP contribution in [0, 0.1) is 40.5 Å². The van der Waals surface area contributed by atoms with Crippen molar-refractivity contribution < 1.29 is 19.7 Å². The molecule has 0 N–H and O–H groups in total. The molecule has 0 saturated carbocycles. The Labute approximate surface area is 409 Å². The first-order valence-electron chi connectivity index (χ1n) is 21.6. The van der Waals surface area contributed by atoms with Gasteiger partial charge < -0.3 is 29.9 Å². The van der Waals surface area contributed by atoms with Gasteiger partial charge in [0.15, 0.2) is 0 Å². The van der Waals surface area contributed by atoms with E-state index in [1.165, 1.54) is 24.3 Å². The molecule has 0 radical (unpaired) electrons. The van der Waals surface area contributed by atoms with E-state index in [9.17, 15) is 40.5 Å². The summed E-state index contributed by atoms with van der Waals surface area (Å²) in [4.78, 5) is 88.5. The first-order valence-corrected chi connectivity index (χ1v) is 21.6. The number of nitro benzene ring substituents is 4. The Balaban J connectivity index is 0.00000642. The maximum Gasteiger partial charge on any atom is 2.00 e. The fraction of sp³-hybridized carbons (Fsp3) is 0.333. The second-order valence-electron chi connectivity index (χ2n) is 21.2. The van der Waals surface area contributed by atoms with E-state index in [0.717, 1.165) is 0 Å². The molecule has 0 atom stereocenters. The third kappa shape index (κ3) is 8.07. The van der Waals surface area contributed by atoms with E-state index in [0.29, 0.717) is 22.3 Å². The van der Waals surface area contributed by atoms with Crippen molar-refractivity contribution in [1.82, 2.24) is 39.9 Å². The van der Waals surface area contributed by atoms with E-state index in [2.05, 4.69) is 0 Å². The molecule has 0 fully saturated rings. The molecule has 0 amide bonds. The first-order chi connectivity index (χ1) is 31.5. The number of benzene rings is 4. The largest absolute Gasteiger partial charge is 2.00 e. The van der Waals surface area contributed by atoms with Crippen molar-refractivity contribution in [3.8, 4) is 45.6 Å². The van der Waals surface area contributed by atoms with Gasteiger partial charge in [0.1, 0.15) is 0 Å². The van der Waals surface area contributed by atoms with Gasteiger partial charge in [-0.15, -0.1) is 0 Å². The standard InChI is InChI=1S/C48H44N12O8.Mg/c1-45(2,3)21-13-25-33(29(17-21)57(61)62)41-51-37(25)49-38-26-14-22(46(4,5)6)18-30(58(63)64)34(26)43(52-38)56-44-36-28(16-24(48(10,11)12)20-32(36)60(67)68)40(54-44)50-39-27-15-23(47(7,8)9)19-31(59(65)66)35(27)42(53-39)55-41;/h13-20H,1-12H3;/q-2;+2. The van der Waals surface area contributed by atoms with Crippen molar-refractivity contribution in [3.05, 3.63) is 111 Å². The van der Waals surface area contributed by atoms with Crippen LogP contribution in [0.2, 0.25) is 0 Å². The van der Waals surface area contributed by atoms with Crippen molar-refractivity contribution >= 4 is 89.9 Å². The Kier molecular flexibility index (Phi) is 11.0. The van der Waals surface area contributed by atoms with Gasteiger partial charge in [0.05, 0.1) is 64.9 Å². The number of fused-ring (bicyclic) bond motifs is 20. The van der Waals surface area contributed by atoms with E-state index >= 15 is 0 Å². The molecule has 21 heteroatoms. The minimum absolute atomic E-state index is 0. The molecular formula is C48H44MgN12O8. The molecule has 5 heterocycles. The minimum atomic E-state index is -0.630. The van der Waals surface area contributed by atoms with Crippen molar-refractivity contribution in [2.75, 3.05) is 0 Å². The second kappa shape index (κ2) is 15.8. The summed E-state index contributed by atoms with van der Waals surface area (Å²) >= 11 is 0. The maximum absolute atomic E-state index is 13.1. The Bertz CT molecular complexity index is 3410. The summed E-state index contributed by atoms with van der Waals surface area (Å²) in [6, 6.07) is 12.5. The van der Waals surface area contributed by atoms with Crippen LogP contribution in [0.5, 0.6) is 0 Å². The maximum atomic E-state index is 13.1. The van der Waals surface area contributed by atoms with Gasteiger partial charge in [0, 0.05) is 68.8 Å². The van der Waals surface area contributed by atoms with Crippen molar-refractivity contribution in [2.45, 2.75) is 105 Å². The molecule has 0 aliphatic carbocycles. The monoisotopic (exact) mass is 940 g/mol. The Hall–Kier alpha value is -7.39. The zero-order valence-electron chi connectivity index (χ0n) is 40.0. The van der Waals surface area contributed by atoms with Crippen LogP contribution in [0.15, 0.2) is 48.5 Å². The number of rotatable bonds is 4. The van der Waals surface area contributed by atoms with Crippen molar-refractivity contribution in [2.24, 2.45) is 0 Å². The quantitative estimate of drug-likeness (QED) is 0.0900. The van der Waals surface area contributed by atoms with E-state index in [4.69, 9.17) is 39.9 Å². The van der Waals surface area contributed by atoms with Gasteiger partial charge in [0.25, 0.3) is 22.7 Å². The molecule has 0 unspecified atom stereocenters. The van der Waals surface area contributed by atoms with Crippen LogP contribution in [-0.2, 0) is 21.7 Å². The normalized spacial score (nSPS) is 12.7. The minimum Gasteiger partial charge on any atom is -0.357 e. The van der Waals surface area contributed by atoms with Gasteiger partial charge in [-0.3, -0.25) is 40.5 Å². The summed E-state index contributed by atoms with van der Waals surface area (Å²) in [5, 5.41) is 52.5. The molecule has 69 heavy (non-hydrogen) atoms. The number of nitro groups is 4. The number of nitrogens with zero attached hydrogens (tertiary/aromatic N) is 12. The molecule has 20 nitrogen and oxygen atoms in total. The second-order valence-corrected chi connectivity index (χ2v) is 21.2. The van der Waals surface area contributed by atoms with E-state index in [1.54, 1.807) is 24.3 Å². The zero-order chi connectivity index (χ0) is 49.5. The van der Waals surface area contributed by atoms with Crippen LogP contribution in [0.4, 0.5) is 22.7 Å². The molecule has 3 aromatic heterocycles. The fourth-order valence-corrected chi connectivity index (χ4v) is 8.39. The molecule has 0 spiro atoms. The van der Waals surface area contributed by atoms with Crippen molar-refractivity contribution in [1.29, 1.82) is 0 Å². The van der Waals surface area contributed by atoms with Gasteiger partial charge in [-0.1, -0.05) is 83.1 Å². The molecule has 2 aliphatic rings. The number of non-ortho nitro benzene ring substituents is 2. The molecule has 7 aromatic rings. The van der Waals surface area contributed by atoms with Gasteiger partial charge in [-0.2, -0.15) is 0 Å². The first kappa shape index (κ1) is 48.1. The third-order valence-corrected chi connectivity index (χ3v) is 12.3. The predicted molar refractivity (Wildman–Crippen MR) is 261 cm³/mol. The van der Waals surface area contributed by atoms with Crippen LogP contribution in [0.3, 0.4) is 0 Å². The number of hydrogen-bond acceptors (Lipinski definition) is 14. The van der Waals surface area contributed by atoms with E-state index < -0.39 is 41.4 Å². The summed E-state index contributed by atoms with van der Waals surface area (Å²) in [7, 11) is 0. The van der Waals surface area contributed by atoms with E-state index in [-0.39, 0.29) is 135 Å². The predicted octanol–water partition coefficient (Wildman–Crippen LogP) is 10.6. The molecule has 0 saturated heterocycles. The smallest absolute Gasteiger partial charge is 0.357 e. The zero-order valence-corrected chi connectivity index (χ0v) is 41.4. The molecule has 2 aliphatic heterocycles. The van der Waals surface area contributed by atoms with Gasteiger partial charge in [-0.25, -0.2) is 9.97 Å². The topological polar surface area (TPSA) is 278 Å². The van der Waals surface area contributed by atoms with Crippen LogP contribution < -0.4 is 9.97 Å². The Morgan fingerprint density at radius 1 is 0.377 bits per heavy atom. The summed E-state index contributed by atoms with van der Waals surface area (Å²) in [6.07, 6.45) is 0. The fourth-order valence-electron chi connectivity index (χ4n) is 8.39. The van der Waals surface area contributed by atoms with Crippen LogP contribution in [-0.4, -0.2) is 72.6 Å². The molecular weight excluding hydrogens is 897 g/mol. The van der Waals surface area contributed by atoms with Crippen molar-refractivity contribution in [3.63, 3.8) is 0 Å². The average Bonchev–Trinajstić information content (AvgIpc) is 3.96. The van der Waals surface area contributed by atoms with Crippen LogP contribution in [0.1, 0.15) is 105 Å². The van der Waals surface area contributed by atoms with Crippen LogP contribution >= 0.6 is 0 Å². The van der Waals surface area contributed by atoms with Gasteiger partial charge in [0.2, 0.25) is 0 Å². The van der Waals surface area contributed by atoms with Gasteiger partial charge >= 0.3 is 23.1 Å². The molecule has 4 aromatic carbocycles. The van der Waals surface area contributed by atoms with Crippen LogP contribution in [0.25, 0.3) is 89.7 Å². The summed E-state index contributed by atoms with van der Waals surface area (Å²) in [5.74, 6) is -0.705.